The van der Waals surface area contributed by atoms with Gasteiger partial charge in [-0.1, -0.05) is 57.2 Å². The van der Waals surface area contributed by atoms with E-state index in [0.29, 0.717) is 29.7 Å². The molecule has 2 N–H and O–H groups in total. The lowest BCUT2D eigenvalue weighted by Crippen LogP contribution is -2.36. The van der Waals surface area contributed by atoms with Crippen molar-refractivity contribution in [2.75, 3.05) is 0 Å². The Morgan fingerprint density at radius 2 is 1.70 bits per heavy atom. The summed E-state index contributed by atoms with van der Waals surface area (Å²) in [7, 11) is 0. The van der Waals surface area contributed by atoms with E-state index in [0.717, 1.165) is 42.5 Å². The molecule has 0 amide bonds. The first-order valence-corrected chi connectivity index (χ1v) is 13.5. The van der Waals surface area contributed by atoms with Crippen molar-refractivity contribution in [1.82, 2.24) is 5.32 Å². The maximum Gasteiger partial charge on any atom is 0.337 e. The number of hydrogen-bond acceptors (Lipinski definition) is 5. The maximum absolute atomic E-state index is 13.8. The molecule has 1 aliphatic heterocycles. The summed E-state index contributed by atoms with van der Waals surface area (Å²) in [6.45, 7) is 8.47. The predicted molar refractivity (Wildman–Crippen MR) is 144 cm³/mol. The van der Waals surface area contributed by atoms with Crippen LogP contribution in [0.5, 0.6) is 5.75 Å². The highest BCUT2D eigenvalue weighted by Gasteiger charge is 2.42. The SMILES string of the molecule is CC1=C(C(=O)OC2CCCC2)C(c2cccc(O)c2)C2=C(CC(c3ccc(C(C)(C)C)cc3)CC2=O)N1. The van der Waals surface area contributed by atoms with E-state index >= 15 is 0 Å². The highest BCUT2D eigenvalue weighted by atomic mass is 16.5. The number of carbonyl (C=O) groups excluding carboxylic acids is 2. The Hall–Kier alpha value is -3.34. The second-order valence-electron chi connectivity index (χ2n) is 11.8. The van der Waals surface area contributed by atoms with Crippen LogP contribution in [0.15, 0.2) is 71.1 Å². The molecule has 3 aliphatic rings. The Morgan fingerprint density at radius 3 is 2.35 bits per heavy atom. The van der Waals surface area contributed by atoms with Gasteiger partial charge in [0.25, 0.3) is 0 Å². The number of esters is 1. The topological polar surface area (TPSA) is 75.6 Å². The summed E-state index contributed by atoms with van der Waals surface area (Å²) >= 11 is 0. The van der Waals surface area contributed by atoms with E-state index in [2.05, 4.69) is 50.4 Å². The van der Waals surface area contributed by atoms with Gasteiger partial charge in [0.2, 0.25) is 0 Å². The van der Waals surface area contributed by atoms with Crippen LogP contribution >= 0.6 is 0 Å². The number of rotatable bonds is 4. The van der Waals surface area contributed by atoms with Crippen LogP contribution < -0.4 is 5.32 Å². The largest absolute Gasteiger partial charge is 0.508 e. The van der Waals surface area contributed by atoms with Crippen LogP contribution in [0.2, 0.25) is 0 Å². The number of ether oxygens (including phenoxy) is 1. The van der Waals surface area contributed by atoms with Crippen molar-refractivity contribution in [2.45, 2.75) is 89.6 Å². The summed E-state index contributed by atoms with van der Waals surface area (Å²) in [5.41, 5.74) is 5.89. The van der Waals surface area contributed by atoms with Crippen LogP contribution in [0.25, 0.3) is 0 Å². The molecule has 1 fully saturated rings. The Kier molecular flexibility index (Phi) is 6.74. The highest BCUT2D eigenvalue weighted by molar-refractivity contribution is 6.04. The Bertz CT molecular complexity index is 1270. The van der Waals surface area contributed by atoms with Crippen molar-refractivity contribution >= 4 is 11.8 Å². The van der Waals surface area contributed by atoms with Gasteiger partial charge in [0.05, 0.1) is 5.57 Å². The summed E-state index contributed by atoms with van der Waals surface area (Å²) in [5.74, 6) is -0.721. The summed E-state index contributed by atoms with van der Waals surface area (Å²) in [6.07, 6.45) is 4.89. The zero-order chi connectivity index (χ0) is 26.3. The van der Waals surface area contributed by atoms with Crippen LogP contribution in [0.1, 0.15) is 94.7 Å². The van der Waals surface area contributed by atoms with E-state index in [4.69, 9.17) is 4.74 Å². The molecular weight excluding hydrogens is 462 g/mol. The average Bonchev–Trinajstić information content (AvgIpc) is 3.35. The van der Waals surface area contributed by atoms with Crippen molar-refractivity contribution in [3.8, 4) is 5.75 Å². The van der Waals surface area contributed by atoms with Gasteiger partial charge in [-0.25, -0.2) is 4.79 Å². The standard InChI is InChI=1S/C32H37NO4/c1-19-28(31(36)37-25-10-5-6-11-25)29(21-8-7-9-24(34)16-21)30-26(33-19)17-22(18-27(30)35)20-12-14-23(15-13-20)32(2,3)4/h7-9,12-16,22,25,29,33-34H,5-6,10-11,17-18H2,1-4H3. The van der Waals surface area contributed by atoms with E-state index in [1.54, 1.807) is 18.2 Å². The number of hydrogen-bond donors (Lipinski definition) is 2. The highest BCUT2D eigenvalue weighted by Crippen LogP contribution is 2.46. The summed E-state index contributed by atoms with van der Waals surface area (Å²) in [5, 5.41) is 13.7. The van der Waals surface area contributed by atoms with Gasteiger partial charge in [-0.15, -0.1) is 0 Å². The number of carbonyl (C=O) groups is 2. The van der Waals surface area contributed by atoms with Crippen molar-refractivity contribution < 1.29 is 19.4 Å². The quantitative estimate of drug-likeness (QED) is 0.467. The average molecular weight is 500 g/mol. The number of ketones is 1. The lowest BCUT2D eigenvalue weighted by molar-refractivity contribution is -0.144. The third-order valence-electron chi connectivity index (χ3n) is 8.08. The van der Waals surface area contributed by atoms with Gasteiger partial charge in [-0.3, -0.25) is 4.79 Å². The van der Waals surface area contributed by atoms with Gasteiger partial charge in [0.15, 0.2) is 5.78 Å². The van der Waals surface area contributed by atoms with Gasteiger partial charge in [-0.05, 0) is 79.2 Å². The molecule has 1 saturated carbocycles. The van der Waals surface area contributed by atoms with E-state index in [1.165, 1.54) is 5.56 Å². The Balaban J connectivity index is 1.50. The minimum Gasteiger partial charge on any atom is -0.508 e. The first kappa shape index (κ1) is 25.3. The van der Waals surface area contributed by atoms with Crippen LogP contribution in [0.4, 0.5) is 0 Å². The molecule has 0 spiro atoms. The molecule has 0 aromatic heterocycles. The fourth-order valence-corrected chi connectivity index (χ4v) is 6.06. The Labute approximate surface area is 219 Å². The summed E-state index contributed by atoms with van der Waals surface area (Å²) in [4.78, 5) is 27.3. The predicted octanol–water partition coefficient (Wildman–Crippen LogP) is 6.54. The maximum atomic E-state index is 13.8. The van der Waals surface area contributed by atoms with Crippen molar-refractivity contribution in [3.63, 3.8) is 0 Å². The minimum absolute atomic E-state index is 0.0330. The van der Waals surface area contributed by atoms with E-state index in [-0.39, 0.29) is 34.9 Å². The molecule has 37 heavy (non-hydrogen) atoms. The number of Topliss-reactive ketones (excluding diaryl/α,β-unsaturated/α-hetero) is 1. The molecule has 2 unspecified atom stereocenters. The smallest absolute Gasteiger partial charge is 0.337 e. The van der Waals surface area contributed by atoms with E-state index < -0.39 is 5.92 Å². The monoisotopic (exact) mass is 499 g/mol. The van der Waals surface area contributed by atoms with E-state index in [9.17, 15) is 14.7 Å². The third kappa shape index (κ3) is 5.09. The van der Waals surface area contributed by atoms with Crippen LogP contribution in [0.3, 0.4) is 0 Å². The number of nitrogens with one attached hydrogen (secondary N) is 1. The molecule has 5 heteroatoms. The second-order valence-corrected chi connectivity index (χ2v) is 11.8. The molecular formula is C32H37NO4. The van der Waals surface area contributed by atoms with Crippen LogP contribution in [-0.4, -0.2) is 23.0 Å². The molecule has 0 bridgehead atoms. The number of phenols is 1. The zero-order valence-electron chi connectivity index (χ0n) is 22.3. The van der Waals surface area contributed by atoms with Crippen LogP contribution in [-0.2, 0) is 19.7 Å². The summed E-state index contributed by atoms with van der Waals surface area (Å²) < 4.78 is 5.91. The van der Waals surface area contributed by atoms with Gasteiger partial charge in [-0.2, -0.15) is 0 Å². The molecule has 5 rings (SSSR count). The molecule has 194 valence electrons. The van der Waals surface area contributed by atoms with Gasteiger partial charge in [0, 0.05) is 29.3 Å². The molecule has 0 radical (unpaired) electrons. The number of dihydropyridines is 1. The van der Waals surface area contributed by atoms with Gasteiger partial charge < -0.3 is 15.2 Å². The van der Waals surface area contributed by atoms with Gasteiger partial charge in [0.1, 0.15) is 11.9 Å². The molecule has 1 heterocycles. The number of aromatic hydroxyl groups is 1. The number of benzene rings is 2. The lowest BCUT2D eigenvalue weighted by Gasteiger charge is -2.37. The molecule has 0 saturated heterocycles. The zero-order valence-corrected chi connectivity index (χ0v) is 22.3. The van der Waals surface area contributed by atoms with Crippen LogP contribution in [0, 0.1) is 0 Å². The normalized spacial score (nSPS) is 22.6. The molecule has 5 nitrogen and oxygen atoms in total. The van der Waals surface area contributed by atoms with Crippen molar-refractivity contribution in [2.24, 2.45) is 0 Å². The van der Waals surface area contributed by atoms with E-state index in [1.807, 2.05) is 13.0 Å². The lowest BCUT2D eigenvalue weighted by atomic mass is 9.71. The van der Waals surface area contributed by atoms with Gasteiger partial charge >= 0.3 is 5.97 Å². The third-order valence-corrected chi connectivity index (χ3v) is 8.08. The number of allylic oxidation sites excluding steroid dienone is 3. The first-order chi connectivity index (χ1) is 17.6. The molecule has 2 aliphatic carbocycles. The fourth-order valence-electron chi connectivity index (χ4n) is 6.06. The number of phenolic OH excluding ortho intramolecular Hbond substituents is 1. The molecule has 2 aromatic carbocycles. The molecule has 2 aromatic rings. The fraction of sp³-hybridized carbons (Fsp3) is 0.438. The Morgan fingerprint density at radius 1 is 1.00 bits per heavy atom. The summed E-state index contributed by atoms with van der Waals surface area (Å²) in [6, 6.07) is 15.5. The second kappa shape index (κ2) is 9.85. The molecule has 2 atom stereocenters. The van der Waals surface area contributed by atoms with Crippen molar-refractivity contribution in [1.29, 1.82) is 0 Å². The van der Waals surface area contributed by atoms with Crippen molar-refractivity contribution in [3.05, 3.63) is 87.8 Å². The minimum atomic E-state index is -0.561. The first-order valence-electron chi connectivity index (χ1n) is 13.5.